The Morgan fingerprint density at radius 2 is 1.78 bits per heavy atom. The molecule has 0 bridgehead atoms. The zero-order valence-corrected chi connectivity index (χ0v) is 9.71. The zero-order valence-electron chi connectivity index (χ0n) is 8.95. The molecular weight excluding hydrogens is 260 g/mol. The van der Waals surface area contributed by atoms with Crippen molar-refractivity contribution in [1.29, 1.82) is 5.26 Å². The van der Waals surface area contributed by atoms with Crippen LogP contribution in [0.15, 0.2) is 36.4 Å². The molecule has 2 aromatic rings. The van der Waals surface area contributed by atoms with E-state index >= 15 is 0 Å². The van der Waals surface area contributed by atoms with Crippen LogP contribution in [0.2, 0.25) is 5.02 Å². The van der Waals surface area contributed by atoms with E-state index in [-0.39, 0.29) is 11.3 Å². The molecule has 0 N–H and O–H groups in total. The van der Waals surface area contributed by atoms with Crippen molar-refractivity contribution < 1.29 is 13.5 Å². The van der Waals surface area contributed by atoms with Gasteiger partial charge in [0.05, 0.1) is 11.6 Å². The Hall–Kier alpha value is -2.12. The molecule has 5 heteroatoms. The van der Waals surface area contributed by atoms with Crippen LogP contribution in [0.25, 0.3) is 0 Å². The maximum absolute atomic E-state index is 13.5. The Bertz CT molecular complexity index is 614. The van der Waals surface area contributed by atoms with Gasteiger partial charge in [-0.2, -0.15) is 5.26 Å². The quantitative estimate of drug-likeness (QED) is 0.812. The van der Waals surface area contributed by atoms with E-state index in [1.165, 1.54) is 12.1 Å². The van der Waals surface area contributed by atoms with Crippen LogP contribution in [0.1, 0.15) is 5.56 Å². The third-order valence-electron chi connectivity index (χ3n) is 2.14. The lowest BCUT2D eigenvalue weighted by Gasteiger charge is -2.08. The fourth-order valence-corrected chi connectivity index (χ4v) is 1.55. The topological polar surface area (TPSA) is 33.0 Å². The summed E-state index contributed by atoms with van der Waals surface area (Å²) in [5.41, 5.74) is -0.108. The fourth-order valence-electron chi connectivity index (χ4n) is 1.37. The van der Waals surface area contributed by atoms with Gasteiger partial charge < -0.3 is 4.74 Å². The second-order valence-electron chi connectivity index (χ2n) is 3.44. The highest BCUT2D eigenvalue weighted by Gasteiger charge is 2.13. The highest BCUT2D eigenvalue weighted by Crippen LogP contribution is 2.29. The number of nitrogens with zero attached hydrogens (tertiary/aromatic N) is 1. The van der Waals surface area contributed by atoms with Gasteiger partial charge in [0, 0.05) is 5.02 Å². The van der Waals surface area contributed by atoms with E-state index < -0.39 is 17.4 Å². The van der Waals surface area contributed by atoms with Gasteiger partial charge in [0.2, 0.25) is 0 Å². The van der Waals surface area contributed by atoms with Crippen LogP contribution in [-0.2, 0) is 0 Å². The first-order chi connectivity index (χ1) is 8.60. The number of halogens is 3. The van der Waals surface area contributed by atoms with E-state index in [0.29, 0.717) is 5.02 Å². The van der Waals surface area contributed by atoms with Crippen LogP contribution < -0.4 is 4.74 Å². The summed E-state index contributed by atoms with van der Waals surface area (Å²) in [5.74, 6) is -2.22. The Morgan fingerprint density at radius 3 is 2.33 bits per heavy atom. The molecule has 90 valence electrons. The minimum Gasteiger partial charge on any atom is -0.451 e. The molecule has 0 radical (unpaired) electrons. The van der Waals surface area contributed by atoms with Crippen LogP contribution in [0, 0.1) is 23.0 Å². The summed E-state index contributed by atoms with van der Waals surface area (Å²) in [6.07, 6.45) is 0. The van der Waals surface area contributed by atoms with E-state index in [2.05, 4.69) is 0 Å². The van der Waals surface area contributed by atoms with Crippen LogP contribution in [-0.4, -0.2) is 0 Å². The number of benzene rings is 2. The third-order valence-corrected chi connectivity index (χ3v) is 2.38. The van der Waals surface area contributed by atoms with Crippen molar-refractivity contribution in [1.82, 2.24) is 0 Å². The summed E-state index contributed by atoms with van der Waals surface area (Å²) < 4.78 is 32.1. The van der Waals surface area contributed by atoms with Gasteiger partial charge >= 0.3 is 0 Å². The lowest BCUT2D eigenvalue weighted by molar-refractivity contribution is 0.407. The van der Waals surface area contributed by atoms with Gasteiger partial charge in [0.25, 0.3) is 0 Å². The summed E-state index contributed by atoms with van der Waals surface area (Å²) in [6.45, 7) is 0. The molecule has 0 unspecified atom stereocenters. The molecule has 0 saturated heterocycles. The van der Waals surface area contributed by atoms with Crippen molar-refractivity contribution in [2.24, 2.45) is 0 Å². The molecule has 0 aromatic heterocycles. The predicted octanol–water partition coefficient (Wildman–Crippen LogP) is 4.28. The Balaban J connectivity index is 2.38. The van der Waals surface area contributed by atoms with Crippen molar-refractivity contribution in [3.05, 3.63) is 58.6 Å². The van der Waals surface area contributed by atoms with Gasteiger partial charge in [-0.25, -0.2) is 8.78 Å². The molecule has 0 atom stereocenters. The zero-order chi connectivity index (χ0) is 13.1. The maximum atomic E-state index is 13.5. The predicted molar refractivity (Wildman–Crippen MR) is 62.6 cm³/mol. The monoisotopic (exact) mass is 265 g/mol. The molecule has 0 fully saturated rings. The van der Waals surface area contributed by atoms with Gasteiger partial charge in [-0.1, -0.05) is 17.7 Å². The van der Waals surface area contributed by atoms with Crippen molar-refractivity contribution in [3.8, 4) is 17.6 Å². The largest absolute Gasteiger partial charge is 0.451 e. The smallest absolute Gasteiger partial charge is 0.198 e. The molecule has 0 aliphatic heterocycles. The first kappa shape index (κ1) is 12.3. The second-order valence-corrected chi connectivity index (χ2v) is 3.88. The molecule has 0 aliphatic carbocycles. The second kappa shape index (κ2) is 5.03. The molecule has 0 spiro atoms. The van der Waals surface area contributed by atoms with E-state index in [1.54, 1.807) is 18.2 Å². The summed E-state index contributed by atoms with van der Waals surface area (Å²) >= 11 is 5.73. The van der Waals surface area contributed by atoms with Crippen LogP contribution in [0.4, 0.5) is 8.78 Å². The van der Waals surface area contributed by atoms with E-state index in [0.717, 1.165) is 12.1 Å². The van der Waals surface area contributed by atoms with Crippen LogP contribution in [0.3, 0.4) is 0 Å². The van der Waals surface area contributed by atoms with Gasteiger partial charge in [0.1, 0.15) is 5.75 Å². The average molecular weight is 266 g/mol. The van der Waals surface area contributed by atoms with Gasteiger partial charge in [-0.3, -0.25) is 0 Å². The van der Waals surface area contributed by atoms with Crippen LogP contribution in [0.5, 0.6) is 11.5 Å². The first-order valence-electron chi connectivity index (χ1n) is 4.92. The highest BCUT2D eigenvalue weighted by molar-refractivity contribution is 6.30. The normalized spacial score (nSPS) is 9.89. The molecule has 0 heterocycles. The molecule has 2 rings (SSSR count). The minimum absolute atomic E-state index is 0.108. The molecule has 18 heavy (non-hydrogen) atoms. The van der Waals surface area contributed by atoms with Gasteiger partial charge in [0.15, 0.2) is 17.4 Å². The fraction of sp³-hybridized carbons (Fsp3) is 0. The van der Waals surface area contributed by atoms with E-state index in [4.69, 9.17) is 21.6 Å². The SMILES string of the molecule is N#Cc1cc(F)c(Oc2cccc(Cl)c2)c(F)c1. The molecular formula is C13H6ClF2NO. The molecule has 2 nitrogen and oxygen atoms in total. The number of rotatable bonds is 2. The molecule has 0 saturated carbocycles. The summed E-state index contributed by atoms with van der Waals surface area (Å²) in [7, 11) is 0. The Kier molecular flexibility index (Phi) is 3.45. The minimum atomic E-state index is -0.938. The first-order valence-corrected chi connectivity index (χ1v) is 5.30. The van der Waals surface area contributed by atoms with E-state index in [1.807, 2.05) is 0 Å². The van der Waals surface area contributed by atoms with Gasteiger partial charge in [-0.05, 0) is 30.3 Å². The highest BCUT2D eigenvalue weighted by atomic mass is 35.5. The number of ether oxygens (including phenoxy) is 1. The lowest BCUT2D eigenvalue weighted by atomic mass is 10.2. The molecule has 0 aliphatic rings. The van der Waals surface area contributed by atoms with Crippen molar-refractivity contribution in [2.45, 2.75) is 0 Å². The molecule has 2 aromatic carbocycles. The van der Waals surface area contributed by atoms with Crippen molar-refractivity contribution in [3.63, 3.8) is 0 Å². The summed E-state index contributed by atoms with van der Waals surface area (Å²) in [4.78, 5) is 0. The lowest BCUT2D eigenvalue weighted by Crippen LogP contribution is -1.94. The van der Waals surface area contributed by atoms with Crippen molar-refractivity contribution in [2.75, 3.05) is 0 Å². The maximum Gasteiger partial charge on any atom is 0.198 e. The van der Waals surface area contributed by atoms with Gasteiger partial charge in [-0.15, -0.1) is 0 Å². The van der Waals surface area contributed by atoms with Crippen LogP contribution >= 0.6 is 11.6 Å². The number of nitriles is 1. The standard InChI is InChI=1S/C13H6ClF2NO/c14-9-2-1-3-10(6-9)18-13-11(15)4-8(7-17)5-12(13)16/h1-6H. The van der Waals surface area contributed by atoms with E-state index in [9.17, 15) is 8.78 Å². The summed E-state index contributed by atoms with van der Waals surface area (Å²) in [5, 5.41) is 8.95. The number of hydrogen-bond donors (Lipinski definition) is 0. The van der Waals surface area contributed by atoms with Crippen molar-refractivity contribution >= 4 is 11.6 Å². The number of hydrogen-bond acceptors (Lipinski definition) is 2. The Labute approximate surface area is 107 Å². The molecule has 0 amide bonds. The third kappa shape index (κ3) is 2.58. The average Bonchev–Trinajstić information content (AvgIpc) is 2.33. The summed E-state index contributed by atoms with van der Waals surface area (Å²) in [6, 6.07) is 9.62. The Morgan fingerprint density at radius 1 is 1.11 bits per heavy atom.